The van der Waals surface area contributed by atoms with E-state index < -0.39 is 28.8 Å². The highest BCUT2D eigenvalue weighted by molar-refractivity contribution is 8.00. The second-order valence-corrected chi connectivity index (χ2v) is 9.38. The third-order valence-corrected chi connectivity index (χ3v) is 7.55. The number of aliphatic hydroxyl groups excluding tert-OH is 4. The molecule has 0 amide bonds. The van der Waals surface area contributed by atoms with Crippen molar-refractivity contribution in [1.29, 1.82) is 0 Å². The van der Waals surface area contributed by atoms with Gasteiger partial charge in [0.2, 0.25) is 0 Å². The van der Waals surface area contributed by atoms with E-state index in [9.17, 15) is 20.4 Å². The molecule has 0 saturated carbocycles. The Labute approximate surface area is 189 Å². The van der Waals surface area contributed by atoms with Gasteiger partial charge >= 0.3 is 0 Å². The van der Waals surface area contributed by atoms with Gasteiger partial charge in [0.1, 0.15) is 25.1 Å². The normalized spacial score (nSPS) is 27.7. The van der Waals surface area contributed by atoms with Crippen LogP contribution < -0.4 is 14.2 Å². The van der Waals surface area contributed by atoms with Gasteiger partial charge in [0, 0.05) is 10.6 Å². The van der Waals surface area contributed by atoms with E-state index in [1.807, 2.05) is 24.3 Å². The molecule has 31 heavy (non-hydrogen) atoms. The molecule has 0 unspecified atom stereocenters. The lowest BCUT2D eigenvalue weighted by atomic mass is 9.94. The minimum Gasteiger partial charge on any atom is -0.496 e. The van der Waals surface area contributed by atoms with Crippen LogP contribution in [0.25, 0.3) is 0 Å². The number of benzene rings is 2. The van der Waals surface area contributed by atoms with Crippen LogP contribution in [0, 0.1) is 0 Å². The Morgan fingerprint density at radius 2 is 1.77 bits per heavy atom. The van der Waals surface area contributed by atoms with Crippen LogP contribution >= 0.6 is 23.4 Å². The monoisotopic (exact) mass is 468 g/mol. The van der Waals surface area contributed by atoms with Crippen LogP contribution in [0.1, 0.15) is 21.9 Å². The number of halogens is 1. The van der Waals surface area contributed by atoms with Crippen molar-refractivity contribution < 1.29 is 34.6 Å². The molecule has 4 rings (SSSR count). The first-order chi connectivity index (χ1) is 14.9. The zero-order chi connectivity index (χ0) is 22.1. The Morgan fingerprint density at radius 3 is 2.48 bits per heavy atom. The summed E-state index contributed by atoms with van der Waals surface area (Å²) in [7, 11) is 1.50. The molecular weight excluding hydrogens is 444 g/mol. The second kappa shape index (κ2) is 9.44. The van der Waals surface area contributed by atoms with Gasteiger partial charge in [-0.15, -0.1) is 11.8 Å². The Balaban J connectivity index is 1.67. The Morgan fingerprint density at radius 1 is 1.03 bits per heavy atom. The number of fused-ring (bicyclic) bond motifs is 1. The van der Waals surface area contributed by atoms with E-state index in [0.29, 0.717) is 47.5 Å². The molecule has 0 radical (unpaired) electrons. The van der Waals surface area contributed by atoms with E-state index in [1.165, 1.54) is 18.9 Å². The van der Waals surface area contributed by atoms with Crippen molar-refractivity contribution in [2.24, 2.45) is 0 Å². The number of methoxy groups -OCH3 is 1. The fraction of sp³-hybridized carbons (Fsp3) is 0.455. The van der Waals surface area contributed by atoms with E-state index in [1.54, 1.807) is 6.07 Å². The van der Waals surface area contributed by atoms with Gasteiger partial charge in [-0.25, -0.2) is 0 Å². The van der Waals surface area contributed by atoms with E-state index in [0.717, 1.165) is 11.1 Å². The standard InChI is InChI=1S/C22H25ClO7S/c1-28-16-9-14(23)12(6-11-2-3-15-17(7-11)30-5-4-29-15)8-13(16)22-21(27)20(26)19(25)18(10-24)31-22/h2-3,7-9,18-22,24-27H,4-6,10H2,1H3/t18-,19-,20+,21-,22+/m1/s1. The molecule has 7 nitrogen and oxygen atoms in total. The van der Waals surface area contributed by atoms with Crippen molar-refractivity contribution >= 4 is 23.4 Å². The molecule has 2 aromatic carbocycles. The maximum Gasteiger partial charge on any atom is 0.161 e. The van der Waals surface area contributed by atoms with E-state index in [-0.39, 0.29) is 6.61 Å². The minimum atomic E-state index is -1.38. The average Bonchev–Trinajstić information content (AvgIpc) is 2.79. The number of hydrogen-bond acceptors (Lipinski definition) is 8. The van der Waals surface area contributed by atoms with Gasteiger partial charge in [0.25, 0.3) is 0 Å². The summed E-state index contributed by atoms with van der Waals surface area (Å²) in [6.45, 7) is 0.698. The highest BCUT2D eigenvalue weighted by atomic mass is 35.5. The fourth-order valence-corrected chi connectivity index (χ4v) is 5.59. The molecule has 5 atom stereocenters. The summed E-state index contributed by atoms with van der Waals surface area (Å²) in [6, 6.07) is 9.26. The molecule has 2 aliphatic heterocycles. The van der Waals surface area contributed by atoms with Crippen LogP contribution in [0.2, 0.25) is 5.02 Å². The first-order valence-electron chi connectivity index (χ1n) is 9.98. The predicted octanol–water partition coefficient (Wildman–Crippen LogP) is 1.94. The van der Waals surface area contributed by atoms with Gasteiger partial charge in [-0.2, -0.15) is 0 Å². The first-order valence-corrected chi connectivity index (χ1v) is 11.3. The number of rotatable bonds is 5. The van der Waals surface area contributed by atoms with Gasteiger partial charge < -0.3 is 34.6 Å². The maximum atomic E-state index is 10.6. The predicted molar refractivity (Wildman–Crippen MR) is 117 cm³/mol. The number of hydrogen-bond donors (Lipinski definition) is 4. The number of aliphatic hydroxyl groups is 4. The fourth-order valence-electron chi connectivity index (χ4n) is 3.93. The molecule has 0 bridgehead atoms. The highest BCUT2D eigenvalue weighted by Crippen LogP contribution is 2.47. The van der Waals surface area contributed by atoms with Gasteiger partial charge in [0.05, 0.1) is 36.4 Å². The molecule has 2 aromatic rings. The lowest BCUT2D eigenvalue weighted by molar-refractivity contribution is -0.0701. The topological polar surface area (TPSA) is 109 Å². The molecule has 168 valence electrons. The van der Waals surface area contributed by atoms with Gasteiger partial charge in [-0.05, 0) is 41.8 Å². The second-order valence-electron chi connectivity index (χ2n) is 7.59. The van der Waals surface area contributed by atoms with Crippen LogP contribution in [0.5, 0.6) is 17.2 Å². The van der Waals surface area contributed by atoms with Crippen molar-refractivity contribution in [2.45, 2.75) is 35.2 Å². The van der Waals surface area contributed by atoms with Gasteiger partial charge in [-0.1, -0.05) is 17.7 Å². The summed E-state index contributed by atoms with van der Waals surface area (Å²) in [5.41, 5.74) is 2.42. The molecule has 0 spiro atoms. The summed E-state index contributed by atoms with van der Waals surface area (Å²) < 4.78 is 16.7. The van der Waals surface area contributed by atoms with Gasteiger partial charge in [-0.3, -0.25) is 0 Å². The molecule has 2 heterocycles. The summed E-state index contributed by atoms with van der Waals surface area (Å²) in [4.78, 5) is 0. The zero-order valence-corrected chi connectivity index (χ0v) is 18.5. The van der Waals surface area contributed by atoms with E-state index in [4.69, 9.17) is 25.8 Å². The molecule has 1 saturated heterocycles. The van der Waals surface area contributed by atoms with Crippen molar-refractivity contribution in [3.8, 4) is 17.2 Å². The van der Waals surface area contributed by atoms with Crippen LogP contribution in [0.15, 0.2) is 30.3 Å². The molecule has 0 aliphatic carbocycles. The lowest BCUT2D eigenvalue weighted by Gasteiger charge is -2.40. The van der Waals surface area contributed by atoms with Crippen LogP contribution in [-0.2, 0) is 6.42 Å². The summed E-state index contributed by atoms with van der Waals surface area (Å²) >= 11 is 7.73. The quantitative estimate of drug-likeness (QED) is 0.527. The van der Waals surface area contributed by atoms with Crippen molar-refractivity contribution in [3.63, 3.8) is 0 Å². The van der Waals surface area contributed by atoms with E-state index >= 15 is 0 Å². The SMILES string of the molecule is COc1cc(Cl)c(Cc2ccc3c(c2)OCCO3)cc1[C@@H]1S[C@H](CO)[C@@H](O)[C@H](O)[C@H]1O. The first kappa shape index (κ1) is 22.5. The van der Waals surface area contributed by atoms with Crippen molar-refractivity contribution in [1.82, 2.24) is 0 Å². The summed E-state index contributed by atoms with van der Waals surface area (Å²) in [5.74, 6) is 1.86. The highest BCUT2D eigenvalue weighted by Gasteiger charge is 2.44. The zero-order valence-electron chi connectivity index (χ0n) is 16.9. The van der Waals surface area contributed by atoms with Crippen LogP contribution in [-0.4, -0.2) is 70.9 Å². The Bertz CT molecular complexity index is 938. The molecule has 4 N–H and O–H groups in total. The largest absolute Gasteiger partial charge is 0.496 e. The molecule has 1 fully saturated rings. The molecule has 9 heteroatoms. The number of thioether (sulfide) groups is 1. The van der Waals surface area contributed by atoms with Crippen LogP contribution in [0.3, 0.4) is 0 Å². The summed E-state index contributed by atoms with van der Waals surface area (Å²) in [5, 5.41) is 39.9. The molecule has 2 aliphatic rings. The third-order valence-electron chi connectivity index (χ3n) is 5.60. The smallest absolute Gasteiger partial charge is 0.161 e. The average molecular weight is 469 g/mol. The third kappa shape index (κ3) is 4.46. The van der Waals surface area contributed by atoms with Crippen molar-refractivity contribution in [2.75, 3.05) is 26.9 Å². The van der Waals surface area contributed by atoms with Crippen molar-refractivity contribution in [3.05, 3.63) is 52.0 Å². The Hall–Kier alpha value is -1.68. The number of ether oxygens (including phenoxy) is 3. The lowest BCUT2D eigenvalue weighted by Crippen LogP contribution is -2.51. The molecular formula is C22H25ClO7S. The van der Waals surface area contributed by atoms with Crippen LogP contribution in [0.4, 0.5) is 0 Å². The minimum absolute atomic E-state index is 0.327. The molecule has 0 aromatic heterocycles. The summed E-state index contributed by atoms with van der Waals surface area (Å²) in [6.07, 6.45) is -3.34. The van der Waals surface area contributed by atoms with Gasteiger partial charge in [0.15, 0.2) is 11.5 Å². The maximum absolute atomic E-state index is 10.6. The van der Waals surface area contributed by atoms with E-state index in [2.05, 4.69) is 0 Å². The Kier molecular flexibility index (Phi) is 6.86.